The largest absolute Gasteiger partial charge is 0.455 e. The fourth-order valence-electron chi connectivity index (χ4n) is 10.3. The summed E-state index contributed by atoms with van der Waals surface area (Å²) < 4.78 is 13.5. The Hall–Kier alpha value is -8.81. The minimum absolute atomic E-state index is 0.518. The van der Waals surface area contributed by atoms with Gasteiger partial charge in [0.15, 0.2) is 5.82 Å². The Bertz CT molecular complexity index is 3930. The third kappa shape index (κ3) is 4.89. The summed E-state index contributed by atoms with van der Waals surface area (Å²) in [5.41, 5.74) is 11.6. The van der Waals surface area contributed by atoms with Crippen LogP contribution in [0.3, 0.4) is 0 Å². The normalized spacial score (nSPS) is 12.1. The van der Waals surface area contributed by atoms with E-state index in [1.54, 1.807) is 0 Å². The Morgan fingerprint density at radius 1 is 0.297 bits per heavy atom. The Labute approximate surface area is 365 Å². The van der Waals surface area contributed by atoms with Crippen molar-refractivity contribution < 1.29 is 4.42 Å². The highest BCUT2D eigenvalue weighted by atomic mass is 16.3. The van der Waals surface area contributed by atoms with Crippen LogP contribution in [0.1, 0.15) is 0 Å². The molecule has 9 aromatic carbocycles. The zero-order valence-electron chi connectivity index (χ0n) is 34.2. The van der Waals surface area contributed by atoms with Gasteiger partial charge in [0.2, 0.25) is 11.9 Å². The van der Waals surface area contributed by atoms with Gasteiger partial charge >= 0.3 is 0 Å². The topological polar surface area (TPSA) is 66.6 Å². The standard InChI is InChI=1S/C57H34N6O/c1-8-27-45-35(17-1)36-18-2-9-28-46(36)61(45)51-33-16-24-42(44-26-15-25-43-41-23-7-14-34-52(41)64-54(43)44)53(51)55-58-56(62-47-29-10-3-19-37(47)38-20-4-11-30-48(38)62)60-57(59-55)63-49-31-12-5-21-39(49)40-22-6-13-32-50(40)63/h1-34H. The summed E-state index contributed by atoms with van der Waals surface area (Å²) in [4.78, 5) is 16.8. The number of aromatic nitrogens is 6. The van der Waals surface area contributed by atoms with Gasteiger partial charge in [0.1, 0.15) is 11.2 Å². The molecule has 0 bridgehead atoms. The van der Waals surface area contributed by atoms with Crippen LogP contribution in [0.5, 0.6) is 0 Å². The van der Waals surface area contributed by atoms with Crippen LogP contribution in [0.2, 0.25) is 0 Å². The summed E-state index contributed by atoms with van der Waals surface area (Å²) in [6.07, 6.45) is 0. The van der Waals surface area contributed by atoms with Crippen molar-refractivity contribution in [3.05, 3.63) is 206 Å². The van der Waals surface area contributed by atoms with Gasteiger partial charge in [0.25, 0.3) is 0 Å². The van der Waals surface area contributed by atoms with Crippen molar-refractivity contribution in [2.24, 2.45) is 0 Å². The first kappa shape index (κ1) is 34.9. The third-order valence-corrected chi connectivity index (χ3v) is 13.0. The summed E-state index contributed by atoms with van der Waals surface area (Å²) in [5, 5.41) is 8.96. The van der Waals surface area contributed by atoms with Crippen LogP contribution >= 0.6 is 0 Å². The molecule has 0 N–H and O–H groups in total. The minimum Gasteiger partial charge on any atom is -0.455 e. The molecule has 7 heteroatoms. The maximum absolute atomic E-state index is 6.79. The number of fused-ring (bicyclic) bond motifs is 12. The minimum atomic E-state index is 0.518. The molecule has 0 amide bonds. The molecule has 5 heterocycles. The molecule has 7 nitrogen and oxygen atoms in total. The molecule has 0 aliphatic rings. The predicted molar refractivity (Wildman–Crippen MR) is 261 cm³/mol. The van der Waals surface area contributed by atoms with Gasteiger partial charge in [-0.25, -0.2) is 0 Å². The molecule has 0 fully saturated rings. The summed E-state index contributed by atoms with van der Waals surface area (Å²) in [6.45, 7) is 0. The number of hydrogen-bond donors (Lipinski definition) is 0. The van der Waals surface area contributed by atoms with Crippen molar-refractivity contribution >= 4 is 87.4 Å². The monoisotopic (exact) mass is 818 g/mol. The van der Waals surface area contributed by atoms with E-state index in [4.69, 9.17) is 19.4 Å². The fraction of sp³-hybridized carbons (Fsp3) is 0. The average Bonchev–Trinajstić information content (AvgIpc) is 4.10. The number of rotatable bonds is 5. The Kier molecular flexibility index (Phi) is 7.27. The Morgan fingerprint density at radius 3 is 1.16 bits per heavy atom. The second kappa shape index (κ2) is 13.3. The van der Waals surface area contributed by atoms with E-state index >= 15 is 0 Å². The molecule has 0 radical (unpaired) electrons. The summed E-state index contributed by atoms with van der Waals surface area (Å²) in [5.74, 6) is 1.57. The lowest BCUT2D eigenvalue weighted by Gasteiger charge is -2.19. The van der Waals surface area contributed by atoms with Crippen LogP contribution in [-0.4, -0.2) is 28.7 Å². The zero-order chi connectivity index (χ0) is 41.9. The SMILES string of the molecule is c1cc(-c2cccc3c2oc2ccccc23)c(-c2nc(-n3c4ccccc4c4ccccc43)nc(-n3c4ccccc4c4ccccc43)n2)c(-n2c3ccccc3c3ccccc32)c1. The molecule has 5 aromatic heterocycles. The van der Waals surface area contributed by atoms with E-state index in [9.17, 15) is 0 Å². The van der Waals surface area contributed by atoms with Crippen molar-refractivity contribution in [3.8, 4) is 40.1 Å². The van der Waals surface area contributed by atoms with Crippen LogP contribution in [0, 0.1) is 0 Å². The van der Waals surface area contributed by atoms with E-state index in [1.807, 2.05) is 12.1 Å². The molecule has 14 aromatic rings. The molecule has 0 saturated carbocycles. The summed E-state index contributed by atoms with van der Waals surface area (Å²) in [6, 6.07) is 72.4. The number of para-hydroxylation sites is 8. The number of nitrogens with zero attached hydrogens (tertiary/aromatic N) is 6. The van der Waals surface area contributed by atoms with E-state index in [1.165, 1.54) is 10.8 Å². The van der Waals surface area contributed by atoms with Gasteiger partial charge in [-0.15, -0.1) is 0 Å². The number of hydrogen-bond acceptors (Lipinski definition) is 4. The predicted octanol–water partition coefficient (Wildman–Crippen LogP) is 14.4. The Balaban J connectivity index is 1.17. The molecule has 14 rings (SSSR count). The second-order valence-electron chi connectivity index (χ2n) is 16.3. The lowest BCUT2D eigenvalue weighted by molar-refractivity contribution is 0.670. The van der Waals surface area contributed by atoms with Crippen LogP contribution < -0.4 is 0 Å². The molecular weight excluding hydrogens is 785 g/mol. The van der Waals surface area contributed by atoms with E-state index < -0.39 is 0 Å². The first-order valence-corrected chi connectivity index (χ1v) is 21.5. The van der Waals surface area contributed by atoms with Crippen molar-refractivity contribution in [2.45, 2.75) is 0 Å². The van der Waals surface area contributed by atoms with Gasteiger partial charge in [-0.05, 0) is 54.1 Å². The summed E-state index contributed by atoms with van der Waals surface area (Å²) in [7, 11) is 0. The van der Waals surface area contributed by atoms with Crippen molar-refractivity contribution in [1.29, 1.82) is 0 Å². The smallest absolute Gasteiger partial charge is 0.240 e. The van der Waals surface area contributed by atoms with Crippen LogP contribution in [0.4, 0.5) is 0 Å². The third-order valence-electron chi connectivity index (χ3n) is 13.0. The van der Waals surface area contributed by atoms with Gasteiger partial charge in [0, 0.05) is 48.7 Å². The lowest BCUT2D eigenvalue weighted by Crippen LogP contribution is -2.11. The average molecular weight is 819 g/mol. The van der Waals surface area contributed by atoms with Crippen molar-refractivity contribution in [1.82, 2.24) is 28.7 Å². The summed E-state index contributed by atoms with van der Waals surface area (Å²) >= 11 is 0. The molecule has 0 spiro atoms. The first-order valence-electron chi connectivity index (χ1n) is 21.5. The molecule has 0 saturated heterocycles. The van der Waals surface area contributed by atoms with E-state index in [0.29, 0.717) is 17.7 Å². The van der Waals surface area contributed by atoms with Crippen molar-refractivity contribution in [3.63, 3.8) is 0 Å². The maximum atomic E-state index is 6.79. The van der Waals surface area contributed by atoms with E-state index in [0.717, 1.165) is 99.0 Å². The molecular formula is C57H34N6O. The quantitative estimate of drug-likeness (QED) is 0.173. The van der Waals surface area contributed by atoms with Crippen molar-refractivity contribution in [2.75, 3.05) is 0 Å². The number of benzene rings is 9. The first-order chi connectivity index (χ1) is 31.8. The van der Waals surface area contributed by atoms with Gasteiger partial charge < -0.3 is 8.98 Å². The van der Waals surface area contributed by atoms with E-state index in [2.05, 4.69) is 208 Å². The Morgan fingerprint density at radius 2 is 0.672 bits per heavy atom. The molecule has 0 aliphatic carbocycles. The van der Waals surface area contributed by atoms with Gasteiger partial charge in [0.05, 0.1) is 44.4 Å². The molecule has 298 valence electrons. The maximum Gasteiger partial charge on any atom is 0.240 e. The van der Waals surface area contributed by atoms with Gasteiger partial charge in [-0.2, -0.15) is 15.0 Å². The second-order valence-corrected chi connectivity index (χ2v) is 16.3. The van der Waals surface area contributed by atoms with E-state index in [-0.39, 0.29) is 0 Å². The molecule has 0 unspecified atom stereocenters. The highest BCUT2D eigenvalue weighted by Crippen LogP contribution is 2.44. The zero-order valence-corrected chi connectivity index (χ0v) is 34.2. The van der Waals surface area contributed by atoms with Crippen LogP contribution in [0.25, 0.3) is 127 Å². The van der Waals surface area contributed by atoms with Gasteiger partial charge in [-0.3, -0.25) is 9.13 Å². The highest BCUT2D eigenvalue weighted by molar-refractivity contribution is 6.14. The molecule has 64 heavy (non-hydrogen) atoms. The van der Waals surface area contributed by atoms with Crippen LogP contribution in [0.15, 0.2) is 211 Å². The molecule has 0 aliphatic heterocycles. The lowest BCUT2D eigenvalue weighted by atomic mass is 9.95. The van der Waals surface area contributed by atoms with Gasteiger partial charge in [-0.1, -0.05) is 158 Å². The highest BCUT2D eigenvalue weighted by Gasteiger charge is 2.26. The van der Waals surface area contributed by atoms with Crippen LogP contribution in [-0.2, 0) is 0 Å². The number of furan rings is 1. The fourth-order valence-corrected chi connectivity index (χ4v) is 10.3. The molecule has 0 atom stereocenters.